The van der Waals surface area contributed by atoms with Crippen LogP contribution in [-0.2, 0) is 25.8 Å². The number of carboxylic acids is 3. The molecule has 0 aliphatic heterocycles. The van der Waals surface area contributed by atoms with E-state index in [0.717, 1.165) is 0 Å². The van der Waals surface area contributed by atoms with E-state index in [1.807, 2.05) is 0 Å². The fraction of sp³-hybridized carbons (Fsp3) is 0. The Hall–Kier alpha value is -3.66. The van der Waals surface area contributed by atoms with Crippen LogP contribution >= 0.6 is 0 Å². The van der Waals surface area contributed by atoms with Crippen molar-refractivity contribution >= 4 is 35.0 Å². The van der Waals surface area contributed by atoms with Gasteiger partial charge >= 0.3 is 17.9 Å². The summed E-state index contributed by atoms with van der Waals surface area (Å²) in [6, 6.07) is 18.5. The summed E-state index contributed by atoms with van der Waals surface area (Å²) < 4.78 is 0. The van der Waals surface area contributed by atoms with Crippen LogP contribution in [0.1, 0.15) is 31.1 Å². The summed E-state index contributed by atoms with van der Waals surface area (Å²) in [5, 5.41) is 25.4. The third-order valence-corrected chi connectivity index (χ3v) is 3.40. The summed E-state index contributed by atoms with van der Waals surface area (Å²) in [5.41, 5.74) is 18.1. The number of nitrogens with two attached hydrogens (primary N) is 3. The number of hydrogen-bond donors (Lipinski definition) is 6. The van der Waals surface area contributed by atoms with Gasteiger partial charge in [0.1, 0.15) is 0 Å². The Kier molecular flexibility index (Phi) is 11.9. The maximum Gasteiger partial charge on any atom is 0.335 e. The maximum absolute atomic E-state index is 10.3. The van der Waals surface area contributed by atoms with Crippen LogP contribution in [0, 0.1) is 0 Å². The standard InChI is InChI=1S/3C7H7NO2.Sc/c3*8-6-3-1-2-5(4-6)7(9)10;/h3*1-4H,8H2,(H,9,10);. The summed E-state index contributed by atoms with van der Waals surface area (Å²) in [7, 11) is 0. The molecule has 0 aliphatic rings. The van der Waals surface area contributed by atoms with Gasteiger partial charge in [-0.25, -0.2) is 14.4 Å². The van der Waals surface area contributed by atoms with E-state index in [-0.39, 0.29) is 42.5 Å². The van der Waals surface area contributed by atoms with Gasteiger partial charge in [-0.3, -0.25) is 0 Å². The van der Waals surface area contributed by atoms with Gasteiger partial charge in [-0.15, -0.1) is 0 Å². The number of anilines is 3. The Morgan fingerprint density at radius 2 is 0.742 bits per heavy atom. The van der Waals surface area contributed by atoms with Crippen LogP contribution in [-0.4, -0.2) is 33.2 Å². The Morgan fingerprint density at radius 1 is 0.516 bits per heavy atom. The third kappa shape index (κ3) is 10.6. The topological polar surface area (TPSA) is 190 Å². The first kappa shape index (κ1) is 27.3. The smallest absolute Gasteiger partial charge is 0.335 e. The number of nitrogen functional groups attached to an aromatic ring is 3. The van der Waals surface area contributed by atoms with E-state index in [9.17, 15) is 14.4 Å². The van der Waals surface area contributed by atoms with E-state index in [2.05, 4.69) is 0 Å². The Bertz CT molecular complexity index is 911. The minimum atomic E-state index is -0.952. The molecule has 9 nitrogen and oxygen atoms in total. The minimum Gasteiger partial charge on any atom is -0.478 e. The molecule has 0 heterocycles. The second kappa shape index (κ2) is 13.5. The van der Waals surface area contributed by atoms with E-state index >= 15 is 0 Å². The van der Waals surface area contributed by atoms with E-state index in [1.165, 1.54) is 36.4 Å². The van der Waals surface area contributed by atoms with E-state index in [4.69, 9.17) is 32.5 Å². The van der Waals surface area contributed by atoms with Crippen LogP contribution in [0.4, 0.5) is 17.1 Å². The summed E-state index contributed by atoms with van der Waals surface area (Å²) >= 11 is 0. The van der Waals surface area contributed by atoms with Gasteiger partial charge in [0.2, 0.25) is 0 Å². The molecule has 0 fully saturated rings. The maximum atomic E-state index is 10.3. The SMILES string of the molecule is Nc1cccc(C(=O)O)c1.Nc1cccc(C(=O)O)c1.Nc1cccc(C(=O)O)c1.[Sc]. The predicted molar refractivity (Wildman–Crippen MR) is 113 cm³/mol. The quantitative estimate of drug-likeness (QED) is 0.322. The molecule has 0 bridgehead atoms. The largest absolute Gasteiger partial charge is 0.478 e. The molecular weight excluding hydrogens is 435 g/mol. The van der Waals surface area contributed by atoms with Crippen molar-refractivity contribution < 1.29 is 55.5 Å². The van der Waals surface area contributed by atoms with Crippen LogP contribution < -0.4 is 17.2 Å². The van der Waals surface area contributed by atoms with Crippen molar-refractivity contribution in [3.63, 3.8) is 0 Å². The average Bonchev–Trinajstić information content (AvgIpc) is 2.69. The zero-order valence-corrected chi connectivity index (χ0v) is 18.1. The Morgan fingerprint density at radius 3 is 0.871 bits per heavy atom. The van der Waals surface area contributed by atoms with Crippen molar-refractivity contribution in [2.24, 2.45) is 0 Å². The molecular formula is C21H21N3O6Sc. The molecule has 0 saturated carbocycles. The van der Waals surface area contributed by atoms with Crippen LogP contribution in [0.25, 0.3) is 0 Å². The van der Waals surface area contributed by atoms with Gasteiger partial charge < -0.3 is 32.5 Å². The molecule has 31 heavy (non-hydrogen) atoms. The molecule has 3 rings (SSSR count). The first-order valence-corrected chi connectivity index (χ1v) is 8.36. The van der Waals surface area contributed by atoms with E-state index in [1.54, 1.807) is 36.4 Å². The van der Waals surface area contributed by atoms with Crippen molar-refractivity contribution in [2.75, 3.05) is 17.2 Å². The average molecular weight is 456 g/mol. The van der Waals surface area contributed by atoms with Gasteiger partial charge in [0.15, 0.2) is 0 Å². The summed E-state index contributed by atoms with van der Waals surface area (Å²) in [6.07, 6.45) is 0. The molecule has 1 radical (unpaired) electrons. The van der Waals surface area contributed by atoms with Crippen molar-refractivity contribution in [3.05, 3.63) is 89.5 Å². The molecule has 0 aliphatic carbocycles. The van der Waals surface area contributed by atoms with Crippen LogP contribution in [0.3, 0.4) is 0 Å². The normalized spacial score (nSPS) is 8.90. The van der Waals surface area contributed by atoms with Crippen LogP contribution in [0.15, 0.2) is 72.8 Å². The van der Waals surface area contributed by atoms with Gasteiger partial charge in [-0.2, -0.15) is 0 Å². The number of benzene rings is 3. The van der Waals surface area contributed by atoms with Gasteiger partial charge in [-0.05, 0) is 54.6 Å². The molecule has 9 N–H and O–H groups in total. The molecule has 0 atom stereocenters. The molecule has 3 aromatic carbocycles. The molecule has 0 saturated heterocycles. The second-order valence-corrected chi connectivity index (χ2v) is 5.79. The summed E-state index contributed by atoms with van der Waals surface area (Å²) in [5.74, 6) is -2.85. The van der Waals surface area contributed by atoms with Crippen molar-refractivity contribution in [2.45, 2.75) is 0 Å². The molecule has 0 spiro atoms. The van der Waals surface area contributed by atoms with Crippen molar-refractivity contribution in [1.82, 2.24) is 0 Å². The zero-order chi connectivity index (χ0) is 22.7. The van der Waals surface area contributed by atoms with Gasteiger partial charge in [0, 0.05) is 42.9 Å². The number of carboxylic acid groups (broad SMARTS) is 3. The molecule has 0 unspecified atom stereocenters. The van der Waals surface area contributed by atoms with Crippen LogP contribution in [0.2, 0.25) is 0 Å². The summed E-state index contributed by atoms with van der Waals surface area (Å²) in [4.78, 5) is 30.9. The fourth-order valence-corrected chi connectivity index (χ4v) is 2.02. The van der Waals surface area contributed by atoms with Crippen molar-refractivity contribution in [3.8, 4) is 0 Å². The second-order valence-electron chi connectivity index (χ2n) is 5.79. The Balaban J connectivity index is 0.000000429. The fourth-order valence-electron chi connectivity index (χ4n) is 2.02. The molecule has 159 valence electrons. The van der Waals surface area contributed by atoms with E-state index in [0.29, 0.717) is 17.1 Å². The molecule has 3 aromatic rings. The monoisotopic (exact) mass is 456 g/mol. The van der Waals surface area contributed by atoms with Crippen molar-refractivity contribution in [1.29, 1.82) is 0 Å². The third-order valence-electron chi connectivity index (χ3n) is 3.40. The first-order chi connectivity index (χ1) is 14.1. The number of aromatic carboxylic acids is 3. The molecule has 0 aromatic heterocycles. The molecule has 0 amide bonds. The first-order valence-electron chi connectivity index (χ1n) is 8.36. The number of rotatable bonds is 3. The van der Waals surface area contributed by atoms with Crippen LogP contribution in [0.5, 0.6) is 0 Å². The van der Waals surface area contributed by atoms with E-state index < -0.39 is 17.9 Å². The van der Waals surface area contributed by atoms with Gasteiger partial charge in [0.25, 0.3) is 0 Å². The zero-order valence-electron chi connectivity index (χ0n) is 16.3. The summed E-state index contributed by atoms with van der Waals surface area (Å²) in [6.45, 7) is 0. The Labute approximate surface area is 196 Å². The van der Waals surface area contributed by atoms with Gasteiger partial charge in [-0.1, -0.05) is 18.2 Å². The van der Waals surface area contributed by atoms with Gasteiger partial charge in [0.05, 0.1) is 16.7 Å². The number of carbonyl (C=O) groups is 3. The minimum absolute atomic E-state index is 0. The molecule has 10 heteroatoms. The number of hydrogen-bond acceptors (Lipinski definition) is 6. The predicted octanol–water partition coefficient (Wildman–Crippen LogP) is 2.90.